The minimum Gasteiger partial charge on any atom is -0.366 e. The normalized spacial score (nSPS) is 9.95. The van der Waals surface area contributed by atoms with E-state index < -0.39 is 5.91 Å². The summed E-state index contributed by atoms with van der Waals surface area (Å²) in [6.07, 6.45) is 0. The SMILES string of the molecule is NC(=O)c1cccc(NC(=O)c2cccc(Br)n2)c1. The Morgan fingerprint density at radius 3 is 2.58 bits per heavy atom. The fourth-order valence-electron chi connectivity index (χ4n) is 1.48. The molecule has 19 heavy (non-hydrogen) atoms. The van der Waals surface area contributed by atoms with Crippen LogP contribution in [0.25, 0.3) is 0 Å². The highest BCUT2D eigenvalue weighted by atomic mass is 79.9. The highest BCUT2D eigenvalue weighted by Crippen LogP contribution is 2.12. The van der Waals surface area contributed by atoms with E-state index in [-0.39, 0.29) is 11.6 Å². The molecule has 0 spiro atoms. The summed E-state index contributed by atoms with van der Waals surface area (Å²) in [4.78, 5) is 27.0. The van der Waals surface area contributed by atoms with Gasteiger partial charge in [0, 0.05) is 11.3 Å². The van der Waals surface area contributed by atoms with Gasteiger partial charge in [-0.15, -0.1) is 0 Å². The highest BCUT2D eigenvalue weighted by molar-refractivity contribution is 9.10. The minimum absolute atomic E-state index is 0.277. The Bertz CT molecular complexity index is 643. The average Bonchev–Trinajstić information content (AvgIpc) is 2.39. The molecule has 0 aliphatic carbocycles. The highest BCUT2D eigenvalue weighted by Gasteiger charge is 2.09. The molecular weight excluding hydrogens is 310 g/mol. The molecule has 6 heteroatoms. The second-order valence-corrected chi connectivity index (χ2v) is 4.56. The van der Waals surface area contributed by atoms with Gasteiger partial charge in [-0.1, -0.05) is 12.1 Å². The number of nitrogens with two attached hydrogens (primary N) is 1. The van der Waals surface area contributed by atoms with Crippen molar-refractivity contribution >= 4 is 33.4 Å². The lowest BCUT2D eigenvalue weighted by Gasteiger charge is -2.06. The lowest BCUT2D eigenvalue weighted by Crippen LogP contribution is -2.15. The van der Waals surface area contributed by atoms with Gasteiger partial charge in [0.2, 0.25) is 5.91 Å². The minimum atomic E-state index is -0.545. The topological polar surface area (TPSA) is 85.1 Å². The van der Waals surface area contributed by atoms with Crippen molar-refractivity contribution in [3.8, 4) is 0 Å². The van der Waals surface area contributed by atoms with Crippen LogP contribution < -0.4 is 11.1 Å². The number of nitrogens with one attached hydrogen (secondary N) is 1. The van der Waals surface area contributed by atoms with E-state index in [4.69, 9.17) is 5.73 Å². The summed E-state index contributed by atoms with van der Waals surface area (Å²) < 4.78 is 0.575. The van der Waals surface area contributed by atoms with Crippen LogP contribution in [0, 0.1) is 0 Å². The van der Waals surface area contributed by atoms with Crippen molar-refractivity contribution in [1.29, 1.82) is 0 Å². The zero-order valence-corrected chi connectivity index (χ0v) is 11.3. The van der Waals surface area contributed by atoms with Crippen LogP contribution in [0.3, 0.4) is 0 Å². The largest absolute Gasteiger partial charge is 0.366 e. The summed E-state index contributed by atoms with van der Waals surface area (Å²) in [5.74, 6) is -0.903. The first-order valence-electron chi connectivity index (χ1n) is 5.40. The predicted molar refractivity (Wildman–Crippen MR) is 74.9 cm³/mol. The van der Waals surface area contributed by atoms with E-state index >= 15 is 0 Å². The van der Waals surface area contributed by atoms with Crippen molar-refractivity contribution in [3.63, 3.8) is 0 Å². The van der Waals surface area contributed by atoms with Gasteiger partial charge in [-0.3, -0.25) is 9.59 Å². The standard InChI is InChI=1S/C13H10BrN3O2/c14-11-6-2-5-10(17-11)13(19)16-9-4-1-3-8(7-9)12(15)18/h1-7H,(H2,15,18)(H,16,19). The predicted octanol–water partition coefficient (Wildman–Crippen LogP) is 2.20. The number of halogens is 1. The Kier molecular flexibility index (Phi) is 3.91. The molecule has 2 aromatic rings. The number of benzene rings is 1. The Morgan fingerprint density at radius 2 is 1.89 bits per heavy atom. The summed E-state index contributed by atoms with van der Waals surface area (Å²) >= 11 is 3.19. The van der Waals surface area contributed by atoms with E-state index in [0.29, 0.717) is 15.9 Å². The molecule has 2 rings (SSSR count). The summed E-state index contributed by atoms with van der Waals surface area (Å²) in [5.41, 5.74) is 6.27. The number of aromatic nitrogens is 1. The van der Waals surface area contributed by atoms with Gasteiger partial charge >= 0.3 is 0 Å². The number of hydrogen-bond acceptors (Lipinski definition) is 3. The summed E-state index contributed by atoms with van der Waals surface area (Å²) in [6.45, 7) is 0. The quantitative estimate of drug-likeness (QED) is 0.850. The summed E-state index contributed by atoms with van der Waals surface area (Å²) in [6, 6.07) is 11.4. The number of hydrogen-bond donors (Lipinski definition) is 2. The van der Waals surface area contributed by atoms with Crippen molar-refractivity contribution < 1.29 is 9.59 Å². The average molecular weight is 320 g/mol. The van der Waals surface area contributed by atoms with Gasteiger partial charge in [0.15, 0.2) is 0 Å². The molecule has 0 saturated carbocycles. The molecule has 3 N–H and O–H groups in total. The molecule has 0 unspecified atom stereocenters. The summed E-state index contributed by atoms with van der Waals surface area (Å²) in [5, 5.41) is 2.65. The third-order valence-electron chi connectivity index (χ3n) is 2.35. The number of pyridine rings is 1. The van der Waals surface area contributed by atoms with E-state index in [1.54, 1.807) is 36.4 Å². The van der Waals surface area contributed by atoms with E-state index in [1.165, 1.54) is 6.07 Å². The number of primary amides is 1. The Balaban J connectivity index is 2.19. The first-order chi connectivity index (χ1) is 9.06. The van der Waals surface area contributed by atoms with Crippen LogP contribution in [0.15, 0.2) is 47.1 Å². The maximum absolute atomic E-state index is 11.9. The number of anilines is 1. The molecule has 2 amide bonds. The third kappa shape index (κ3) is 3.38. The molecule has 1 aromatic heterocycles. The van der Waals surface area contributed by atoms with Crippen molar-refractivity contribution in [3.05, 3.63) is 58.3 Å². The molecule has 5 nitrogen and oxygen atoms in total. The Hall–Kier alpha value is -2.21. The lowest BCUT2D eigenvalue weighted by atomic mass is 10.2. The van der Waals surface area contributed by atoms with Gasteiger partial charge in [-0.05, 0) is 46.3 Å². The number of amides is 2. The van der Waals surface area contributed by atoms with E-state index in [9.17, 15) is 9.59 Å². The Morgan fingerprint density at radius 1 is 1.16 bits per heavy atom. The molecule has 0 bridgehead atoms. The van der Waals surface area contributed by atoms with Gasteiger partial charge < -0.3 is 11.1 Å². The number of carbonyl (C=O) groups is 2. The second-order valence-electron chi connectivity index (χ2n) is 3.74. The fraction of sp³-hybridized carbons (Fsp3) is 0. The molecule has 0 radical (unpaired) electrons. The van der Waals surface area contributed by atoms with Crippen molar-refractivity contribution in [2.75, 3.05) is 5.32 Å². The van der Waals surface area contributed by atoms with Gasteiger partial charge in [0.05, 0.1) is 0 Å². The Labute approximate surface area is 118 Å². The molecule has 0 saturated heterocycles. The fourth-order valence-corrected chi connectivity index (χ4v) is 1.82. The number of carbonyl (C=O) groups excluding carboxylic acids is 2. The van der Waals surface area contributed by atoms with Crippen LogP contribution >= 0.6 is 15.9 Å². The second kappa shape index (κ2) is 5.62. The van der Waals surface area contributed by atoms with Gasteiger partial charge in [-0.2, -0.15) is 0 Å². The van der Waals surface area contributed by atoms with Gasteiger partial charge in [0.25, 0.3) is 5.91 Å². The van der Waals surface area contributed by atoms with Gasteiger partial charge in [0.1, 0.15) is 10.3 Å². The molecule has 1 aromatic carbocycles. The van der Waals surface area contributed by atoms with Crippen LogP contribution in [-0.4, -0.2) is 16.8 Å². The zero-order valence-electron chi connectivity index (χ0n) is 9.76. The van der Waals surface area contributed by atoms with E-state index in [0.717, 1.165) is 0 Å². The van der Waals surface area contributed by atoms with Crippen LogP contribution in [0.5, 0.6) is 0 Å². The zero-order chi connectivity index (χ0) is 13.8. The molecule has 0 aliphatic heterocycles. The maximum Gasteiger partial charge on any atom is 0.274 e. The molecule has 0 fully saturated rings. The van der Waals surface area contributed by atoms with Crippen LogP contribution in [0.4, 0.5) is 5.69 Å². The summed E-state index contributed by atoms with van der Waals surface area (Å²) in [7, 11) is 0. The van der Waals surface area contributed by atoms with Crippen LogP contribution in [0.1, 0.15) is 20.8 Å². The van der Waals surface area contributed by atoms with Crippen LogP contribution in [-0.2, 0) is 0 Å². The molecule has 0 aliphatic rings. The van der Waals surface area contributed by atoms with E-state index in [2.05, 4.69) is 26.2 Å². The smallest absolute Gasteiger partial charge is 0.274 e. The lowest BCUT2D eigenvalue weighted by molar-refractivity contribution is 0.0995. The molecule has 96 valence electrons. The van der Waals surface area contributed by atoms with E-state index in [1.807, 2.05) is 0 Å². The monoisotopic (exact) mass is 319 g/mol. The molecule has 1 heterocycles. The van der Waals surface area contributed by atoms with Crippen molar-refractivity contribution in [1.82, 2.24) is 4.98 Å². The molecule has 0 atom stereocenters. The first-order valence-corrected chi connectivity index (χ1v) is 6.19. The van der Waals surface area contributed by atoms with Crippen molar-refractivity contribution in [2.45, 2.75) is 0 Å². The van der Waals surface area contributed by atoms with Crippen LogP contribution in [0.2, 0.25) is 0 Å². The third-order valence-corrected chi connectivity index (χ3v) is 2.79. The number of nitrogens with zero attached hydrogens (tertiary/aromatic N) is 1. The first kappa shape index (κ1) is 13.2. The molecular formula is C13H10BrN3O2. The number of rotatable bonds is 3. The van der Waals surface area contributed by atoms with Crippen molar-refractivity contribution in [2.24, 2.45) is 5.73 Å². The maximum atomic E-state index is 11.9. The van der Waals surface area contributed by atoms with Gasteiger partial charge in [-0.25, -0.2) is 4.98 Å².